The molecule has 1 heterocycles. The van der Waals surface area contributed by atoms with Crippen LogP contribution in [0.5, 0.6) is 0 Å². The molecule has 0 aromatic heterocycles. The van der Waals surface area contributed by atoms with Gasteiger partial charge in [-0.3, -0.25) is 0 Å². The van der Waals surface area contributed by atoms with Crippen LogP contribution in [0.3, 0.4) is 0 Å². The van der Waals surface area contributed by atoms with Gasteiger partial charge in [0.25, 0.3) is 0 Å². The van der Waals surface area contributed by atoms with E-state index < -0.39 is 0 Å². The van der Waals surface area contributed by atoms with Crippen molar-refractivity contribution in [3.8, 4) is 0 Å². The summed E-state index contributed by atoms with van der Waals surface area (Å²) in [4.78, 5) is 2.24. The van der Waals surface area contributed by atoms with Gasteiger partial charge in [0.15, 0.2) is 0 Å². The van der Waals surface area contributed by atoms with Crippen LogP contribution in [0.4, 0.5) is 15.8 Å². The minimum Gasteiger partial charge on any atom is -0.341 e. The Labute approximate surface area is 125 Å². The number of rotatable bonds is 3. The Kier molecular flexibility index (Phi) is 4.20. The second kappa shape index (κ2) is 6.27. The fourth-order valence-corrected chi connectivity index (χ4v) is 3.06. The van der Waals surface area contributed by atoms with Crippen molar-refractivity contribution >= 4 is 11.4 Å². The van der Waals surface area contributed by atoms with Crippen LogP contribution in [0.15, 0.2) is 42.5 Å². The topological polar surface area (TPSA) is 29.3 Å². The Morgan fingerprint density at radius 1 is 1.10 bits per heavy atom. The molecule has 1 aliphatic heterocycles. The maximum Gasteiger partial charge on any atom is 0.125 e. The van der Waals surface area contributed by atoms with E-state index in [1.165, 1.54) is 17.7 Å². The number of halogens is 1. The van der Waals surface area contributed by atoms with Crippen molar-refractivity contribution in [1.82, 2.24) is 0 Å². The highest BCUT2D eigenvalue weighted by Gasteiger charge is 2.17. The molecule has 0 aliphatic carbocycles. The molecule has 2 aromatic carbocycles. The summed E-state index contributed by atoms with van der Waals surface area (Å²) in [5, 5.41) is 0. The SMILES string of the molecule is NCCc1cc(F)cc(N2CCCCc3ccccc32)c1. The highest BCUT2D eigenvalue weighted by Crippen LogP contribution is 2.33. The molecule has 0 saturated carbocycles. The molecule has 2 N–H and O–H groups in total. The molecular weight excluding hydrogens is 263 g/mol. The van der Waals surface area contributed by atoms with Gasteiger partial charge in [-0.1, -0.05) is 18.2 Å². The number of hydrogen-bond acceptors (Lipinski definition) is 2. The van der Waals surface area contributed by atoms with Crippen LogP contribution in [0.1, 0.15) is 24.0 Å². The molecule has 0 unspecified atom stereocenters. The summed E-state index contributed by atoms with van der Waals surface area (Å²) in [7, 11) is 0. The van der Waals surface area contributed by atoms with E-state index in [0.717, 1.165) is 30.6 Å². The number of nitrogens with zero attached hydrogens (tertiary/aromatic N) is 1. The monoisotopic (exact) mass is 284 g/mol. The van der Waals surface area contributed by atoms with Gasteiger partial charge in [0.2, 0.25) is 0 Å². The minimum atomic E-state index is -0.183. The van der Waals surface area contributed by atoms with Crippen molar-refractivity contribution in [3.63, 3.8) is 0 Å². The third-order valence-electron chi connectivity index (χ3n) is 4.05. The molecule has 21 heavy (non-hydrogen) atoms. The third kappa shape index (κ3) is 3.08. The molecule has 110 valence electrons. The number of para-hydroxylation sites is 1. The molecule has 0 atom stereocenters. The van der Waals surface area contributed by atoms with E-state index in [4.69, 9.17) is 5.73 Å². The average Bonchev–Trinajstić information content (AvgIpc) is 2.69. The Bertz CT molecular complexity index is 624. The van der Waals surface area contributed by atoms with E-state index in [9.17, 15) is 4.39 Å². The molecule has 0 radical (unpaired) electrons. The van der Waals surface area contributed by atoms with Gasteiger partial charge in [-0.05, 0) is 67.6 Å². The number of hydrogen-bond donors (Lipinski definition) is 1. The maximum absolute atomic E-state index is 13.9. The van der Waals surface area contributed by atoms with Crippen molar-refractivity contribution < 1.29 is 4.39 Å². The first-order chi connectivity index (χ1) is 10.3. The molecule has 0 spiro atoms. The van der Waals surface area contributed by atoms with Gasteiger partial charge in [-0.15, -0.1) is 0 Å². The molecule has 2 nitrogen and oxygen atoms in total. The van der Waals surface area contributed by atoms with E-state index in [0.29, 0.717) is 13.0 Å². The van der Waals surface area contributed by atoms with Crippen LogP contribution < -0.4 is 10.6 Å². The zero-order chi connectivity index (χ0) is 14.7. The van der Waals surface area contributed by atoms with Gasteiger partial charge >= 0.3 is 0 Å². The second-order valence-electron chi connectivity index (χ2n) is 5.59. The first-order valence-electron chi connectivity index (χ1n) is 7.63. The molecule has 0 amide bonds. The van der Waals surface area contributed by atoms with Gasteiger partial charge in [-0.2, -0.15) is 0 Å². The largest absolute Gasteiger partial charge is 0.341 e. The minimum absolute atomic E-state index is 0.183. The van der Waals surface area contributed by atoms with E-state index in [1.807, 2.05) is 0 Å². The van der Waals surface area contributed by atoms with Gasteiger partial charge in [0.05, 0.1) is 0 Å². The van der Waals surface area contributed by atoms with E-state index in [1.54, 1.807) is 12.1 Å². The van der Waals surface area contributed by atoms with E-state index >= 15 is 0 Å². The lowest BCUT2D eigenvalue weighted by Crippen LogP contribution is -2.18. The van der Waals surface area contributed by atoms with E-state index in [-0.39, 0.29) is 5.82 Å². The summed E-state index contributed by atoms with van der Waals surface area (Å²) in [6.45, 7) is 1.47. The van der Waals surface area contributed by atoms with Gasteiger partial charge in [0, 0.05) is 17.9 Å². The third-order valence-corrected chi connectivity index (χ3v) is 4.05. The van der Waals surface area contributed by atoms with Crippen LogP contribution >= 0.6 is 0 Å². The molecule has 0 bridgehead atoms. The van der Waals surface area contributed by atoms with Crippen molar-refractivity contribution in [2.75, 3.05) is 18.0 Å². The van der Waals surface area contributed by atoms with Crippen LogP contribution in [0, 0.1) is 5.82 Å². The fraction of sp³-hybridized carbons (Fsp3) is 0.333. The molecule has 3 heteroatoms. The Balaban J connectivity index is 2.03. The van der Waals surface area contributed by atoms with Crippen molar-refractivity contribution in [3.05, 3.63) is 59.4 Å². The maximum atomic E-state index is 13.9. The number of benzene rings is 2. The number of fused-ring (bicyclic) bond motifs is 1. The molecule has 1 aliphatic rings. The van der Waals surface area contributed by atoms with Crippen LogP contribution in [0.25, 0.3) is 0 Å². The average molecular weight is 284 g/mol. The van der Waals surface area contributed by atoms with Crippen molar-refractivity contribution in [1.29, 1.82) is 0 Å². The van der Waals surface area contributed by atoms with Gasteiger partial charge in [-0.25, -0.2) is 4.39 Å². The summed E-state index contributed by atoms with van der Waals surface area (Å²) in [6.07, 6.45) is 4.10. The summed E-state index contributed by atoms with van der Waals surface area (Å²) in [5.41, 5.74) is 10.1. The number of nitrogens with two attached hydrogens (primary N) is 1. The lowest BCUT2D eigenvalue weighted by atomic mass is 10.1. The van der Waals surface area contributed by atoms with Crippen LogP contribution in [-0.4, -0.2) is 13.1 Å². The molecular formula is C18H21FN2. The van der Waals surface area contributed by atoms with Crippen LogP contribution in [0.2, 0.25) is 0 Å². The summed E-state index contributed by atoms with van der Waals surface area (Å²) in [6, 6.07) is 13.7. The van der Waals surface area contributed by atoms with E-state index in [2.05, 4.69) is 35.2 Å². The standard InChI is InChI=1S/C18H21FN2/c19-16-11-14(8-9-20)12-17(13-16)21-10-4-3-6-15-5-1-2-7-18(15)21/h1-2,5,7,11-13H,3-4,6,8-10,20H2. The predicted octanol–water partition coefficient (Wildman–Crippen LogP) is 3.80. The number of aryl methyl sites for hydroxylation is 1. The van der Waals surface area contributed by atoms with Gasteiger partial charge in [0.1, 0.15) is 5.82 Å². The quantitative estimate of drug-likeness (QED) is 0.929. The van der Waals surface area contributed by atoms with Crippen molar-refractivity contribution in [2.24, 2.45) is 5.73 Å². The predicted molar refractivity (Wildman–Crippen MR) is 85.5 cm³/mol. The highest BCUT2D eigenvalue weighted by atomic mass is 19.1. The smallest absolute Gasteiger partial charge is 0.125 e. The first-order valence-corrected chi connectivity index (χ1v) is 7.63. The molecule has 0 saturated heterocycles. The highest BCUT2D eigenvalue weighted by molar-refractivity contribution is 5.67. The molecule has 3 rings (SSSR count). The summed E-state index contributed by atoms with van der Waals surface area (Å²) >= 11 is 0. The fourth-order valence-electron chi connectivity index (χ4n) is 3.06. The summed E-state index contributed by atoms with van der Waals surface area (Å²) < 4.78 is 13.9. The Morgan fingerprint density at radius 2 is 1.95 bits per heavy atom. The molecule has 0 fully saturated rings. The first kappa shape index (κ1) is 14.1. The Hall–Kier alpha value is -1.87. The summed E-state index contributed by atoms with van der Waals surface area (Å²) in [5.74, 6) is -0.183. The zero-order valence-electron chi connectivity index (χ0n) is 12.2. The Morgan fingerprint density at radius 3 is 2.81 bits per heavy atom. The van der Waals surface area contributed by atoms with Crippen molar-refractivity contribution in [2.45, 2.75) is 25.7 Å². The van der Waals surface area contributed by atoms with Gasteiger partial charge < -0.3 is 10.6 Å². The lowest BCUT2D eigenvalue weighted by Gasteiger charge is -2.25. The second-order valence-corrected chi connectivity index (χ2v) is 5.59. The van der Waals surface area contributed by atoms with Crippen LogP contribution in [-0.2, 0) is 12.8 Å². The molecule has 2 aromatic rings. The normalized spacial score (nSPS) is 14.7. The zero-order valence-corrected chi connectivity index (χ0v) is 12.2. The number of anilines is 2. The lowest BCUT2D eigenvalue weighted by molar-refractivity contribution is 0.624.